The van der Waals surface area contributed by atoms with E-state index in [1.807, 2.05) is 25.1 Å². The topological polar surface area (TPSA) is 51.2 Å². The van der Waals surface area contributed by atoms with Crippen molar-refractivity contribution in [2.45, 2.75) is 19.8 Å². The van der Waals surface area contributed by atoms with Gasteiger partial charge < -0.3 is 10.1 Å². The molecule has 0 aliphatic carbocycles. The number of carbonyl (C=O) groups excluding carboxylic acids is 1. The molecular weight excluding hydrogens is 344 g/mol. The zero-order valence-corrected chi connectivity index (χ0v) is 15.4. The summed E-state index contributed by atoms with van der Waals surface area (Å²) in [5.74, 6) is 0.867. The van der Waals surface area contributed by atoms with Crippen LogP contribution in [0.25, 0.3) is 11.3 Å². The Morgan fingerprint density at radius 2 is 2.08 bits per heavy atom. The van der Waals surface area contributed by atoms with E-state index >= 15 is 0 Å². The molecule has 0 spiro atoms. The number of hydrogen-bond acceptors (Lipinski definition) is 4. The van der Waals surface area contributed by atoms with Gasteiger partial charge >= 0.3 is 0 Å². The van der Waals surface area contributed by atoms with Crippen LogP contribution in [0.1, 0.15) is 26.5 Å². The third-order valence-corrected chi connectivity index (χ3v) is 5.29. The fraction of sp³-hybridized carbons (Fsp3) is 0.238. The smallest absolute Gasteiger partial charge is 0.251 e. The first-order valence-corrected chi connectivity index (χ1v) is 9.62. The molecule has 3 aromatic rings. The second-order valence-corrected chi connectivity index (χ2v) is 7.44. The van der Waals surface area contributed by atoms with Crippen molar-refractivity contribution in [3.63, 3.8) is 0 Å². The Balaban J connectivity index is 1.32. The normalized spacial score (nSPS) is 12.5. The Labute approximate surface area is 156 Å². The van der Waals surface area contributed by atoms with Gasteiger partial charge in [-0.05, 0) is 42.7 Å². The zero-order chi connectivity index (χ0) is 17.9. The van der Waals surface area contributed by atoms with E-state index < -0.39 is 0 Å². The van der Waals surface area contributed by atoms with Crippen LogP contribution < -0.4 is 10.1 Å². The van der Waals surface area contributed by atoms with E-state index in [0.29, 0.717) is 18.7 Å². The number of ether oxygens (including phenoxy) is 1. The van der Waals surface area contributed by atoms with E-state index in [1.54, 1.807) is 11.3 Å². The number of thiazole rings is 1. The number of nitrogens with zero attached hydrogens (tertiary/aromatic N) is 1. The Hall–Kier alpha value is -2.66. The monoisotopic (exact) mass is 364 g/mol. The summed E-state index contributed by atoms with van der Waals surface area (Å²) < 4.78 is 5.48. The Morgan fingerprint density at radius 1 is 1.23 bits per heavy atom. The van der Waals surface area contributed by atoms with Crippen molar-refractivity contribution in [1.82, 2.24) is 10.3 Å². The van der Waals surface area contributed by atoms with Crippen LogP contribution >= 0.6 is 11.3 Å². The number of aromatic nitrogens is 1. The molecule has 1 aliphatic rings. The first-order valence-electron chi connectivity index (χ1n) is 8.74. The molecule has 0 radical (unpaired) electrons. The number of carbonyl (C=O) groups is 1. The molecule has 2 heterocycles. The maximum Gasteiger partial charge on any atom is 0.251 e. The van der Waals surface area contributed by atoms with Crippen LogP contribution in [-0.4, -0.2) is 24.0 Å². The van der Waals surface area contributed by atoms with Gasteiger partial charge in [0.2, 0.25) is 0 Å². The molecular formula is C21H20N2O2S. The first-order chi connectivity index (χ1) is 12.7. The van der Waals surface area contributed by atoms with Crippen LogP contribution in [0, 0.1) is 6.92 Å². The largest absolute Gasteiger partial charge is 0.493 e. The van der Waals surface area contributed by atoms with Crippen molar-refractivity contribution in [3.05, 3.63) is 69.5 Å². The Bertz CT molecular complexity index is 931. The predicted molar refractivity (Wildman–Crippen MR) is 104 cm³/mol. The van der Waals surface area contributed by atoms with Crippen molar-refractivity contribution in [2.24, 2.45) is 0 Å². The number of hydrogen-bond donors (Lipinski definition) is 1. The van der Waals surface area contributed by atoms with Gasteiger partial charge in [-0.2, -0.15) is 0 Å². The highest BCUT2D eigenvalue weighted by Gasteiger charge is 2.14. The van der Waals surface area contributed by atoms with Crippen molar-refractivity contribution in [3.8, 4) is 17.0 Å². The summed E-state index contributed by atoms with van der Waals surface area (Å²) in [6.45, 7) is 3.33. The maximum atomic E-state index is 12.3. The number of benzene rings is 2. The molecule has 1 aromatic heterocycles. The van der Waals surface area contributed by atoms with Crippen LogP contribution in [0.2, 0.25) is 0 Å². The zero-order valence-electron chi connectivity index (χ0n) is 14.6. The lowest BCUT2D eigenvalue weighted by Crippen LogP contribution is -2.25. The molecule has 0 saturated carbocycles. The van der Waals surface area contributed by atoms with Crippen LogP contribution in [0.4, 0.5) is 0 Å². The lowest BCUT2D eigenvalue weighted by Gasteiger charge is -2.07. The van der Waals surface area contributed by atoms with E-state index in [4.69, 9.17) is 4.74 Å². The Morgan fingerprint density at radius 3 is 2.85 bits per heavy atom. The van der Waals surface area contributed by atoms with E-state index in [1.165, 1.54) is 5.56 Å². The summed E-state index contributed by atoms with van der Waals surface area (Å²) in [6, 6.07) is 14.0. The Kier molecular flexibility index (Phi) is 4.71. The first kappa shape index (κ1) is 16.8. The SMILES string of the molecule is Cc1nc(-c2ccc(CCNC(=O)c3ccc4c(c3)CCO4)cc2)cs1. The van der Waals surface area contributed by atoms with Gasteiger partial charge in [-0.1, -0.05) is 24.3 Å². The lowest BCUT2D eigenvalue weighted by molar-refractivity contribution is 0.0954. The maximum absolute atomic E-state index is 12.3. The van der Waals surface area contributed by atoms with E-state index in [0.717, 1.165) is 40.4 Å². The molecule has 4 rings (SSSR count). The molecule has 1 amide bonds. The quantitative estimate of drug-likeness (QED) is 0.744. The van der Waals surface area contributed by atoms with Crippen LogP contribution in [0.5, 0.6) is 5.75 Å². The minimum absolute atomic E-state index is 0.0331. The summed E-state index contributed by atoms with van der Waals surface area (Å²) in [5.41, 5.74) is 5.16. The standard InChI is InChI=1S/C21H20N2O2S/c1-14-23-19(13-26-14)16-4-2-15(3-5-16)8-10-22-21(24)18-6-7-20-17(12-18)9-11-25-20/h2-7,12-13H,8-11H2,1H3,(H,22,24). The van der Waals surface area contributed by atoms with Gasteiger partial charge in [-0.15, -0.1) is 11.3 Å². The summed E-state index contributed by atoms with van der Waals surface area (Å²) in [6.07, 6.45) is 1.68. The molecule has 132 valence electrons. The summed E-state index contributed by atoms with van der Waals surface area (Å²) in [4.78, 5) is 16.8. The second-order valence-electron chi connectivity index (χ2n) is 6.38. The van der Waals surface area contributed by atoms with Crippen molar-refractivity contribution >= 4 is 17.2 Å². The van der Waals surface area contributed by atoms with Crippen LogP contribution in [0.3, 0.4) is 0 Å². The second kappa shape index (κ2) is 7.30. The van der Waals surface area contributed by atoms with Gasteiger partial charge in [-0.3, -0.25) is 4.79 Å². The van der Waals surface area contributed by atoms with Crippen molar-refractivity contribution < 1.29 is 9.53 Å². The van der Waals surface area contributed by atoms with Crippen molar-refractivity contribution in [1.29, 1.82) is 0 Å². The molecule has 0 bridgehead atoms. The van der Waals surface area contributed by atoms with Crippen LogP contribution in [-0.2, 0) is 12.8 Å². The number of aryl methyl sites for hydroxylation is 1. The summed E-state index contributed by atoms with van der Waals surface area (Å²) in [7, 11) is 0. The van der Waals surface area contributed by atoms with Gasteiger partial charge in [0.1, 0.15) is 5.75 Å². The molecule has 4 nitrogen and oxygen atoms in total. The van der Waals surface area contributed by atoms with Gasteiger partial charge in [0.15, 0.2) is 0 Å². The molecule has 5 heteroatoms. The van der Waals surface area contributed by atoms with E-state index in [9.17, 15) is 4.79 Å². The van der Waals surface area contributed by atoms with E-state index in [-0.39, 0.29) is 5.91 Å². The third kappa shape index (κ3) is 3.63. The number of nitrogens with one attached hydrogen (secondary N) is 1. The number of amides is 1. The number of fused-ring (bicyclic) bond motifs is 1. The van der Waals surface area contributed by atoms with Gasteiger partial charge in [0, 0.05) is 29.5 Å². The molecule has 0 unspecified atom stereocenters. The molecule has 1 N–H and O–H groups in total. The van der Waals surface area contributed by atoms with E-state index in [2.05, 4.69) is 39.9 Å². The van der Waals surface area contributed by atoms with Gasteiger partial charge in [0.05, 0.1) is 17.3 Å². The molecule has 2 aromatic carbocycles. The third-order valence-electron chi connectivity index (χ3n) is 4.52. The van der Waals surface area contributed by atoms with Gasteiger partial charge in [-0.25, -0.2) is 4.98 Å². The van der Waals surface area contributed by atoms with Gasteiger partial charge in [0.25, 0.3) is 5.91 Å². The lowest BCUT2D eigenvalue weighted by atomic mass is 10.1. The molecule has 26 heavy (non-hydrogen) atoms. The highest BCUT2D eigenvalue weighted by atomic mass is 32.1. The van der Waals surface area contributed by atoms with Crippen LogP contribution in [0.15, 0.2) is 47.8 Å². The molecule has 0 atom stereocenters. The van der Waals surface area contributed by atoms with Crippen molar-refractivity contribution in [2.75, 3.05) is 13.2 Å². The highest BCUT2D eigenvalue weighted by molar-refractivity contribution is 7.09. The summed E-state index contributed by atoms with van der Waals surface area (Å²) >= 11 is 1.66. The minimum atomic E-state index is -0.0331. The average Bonchev–Trinajstić information content (AvgIpc) is 3.30. The predicted octanol–water partition coefficient (Wildman–Crippen LogP) is 4.03. The number of rotatable bonds is 5. The molecule has 0 saturated heterocycles. The fourth-order valence-corrected chi connectivity index (χ4v) is 3.71. The average molecular weight is 364 g/mol. The summed E-state index contributed by atoms with van der Waals surface area (Å²) in [5, 5.41) is 6.15. The fourth-order valence-electron chi connectivity index (χ4n) is 3.09. The molecule has 0 fully saturated rings. The highest BCUT2D eigenvalue weighted by Crippen LogP contribution is 2.26. The molecule has 1 aliphatic heterocycles. The minimum Gasteiger partial charge on any atom is -0.493 e.